The second-order valence-corrected chi connectivity index (χ2v) is 6.38. The van der Waals surface area contributed by atoms with Crippen molar-refractivity contribution in [2.75, 3.05) is 33.7 Å². The first-order valence-corrected chi connectivity index (χ1v) is 7.68. The summed E-state index contributed by atoms with van der Waals surface area (Å²) in [6, 6.07) is 7.43. The number of hydrogen-bond donors (Lipinski definition) is 1. The van der Waals surface area contributed by atoms with E-state index in [0.717, 1.165) is 37.0 Å². The number of nitrogens with zero attached hydrogens (tertiary/aromatic N) is 2. The van der Waals surface area contributed by atoms with Crippen LogP contribution >= 0.6 is 11.6 Å². The molecule has 0 radical (unpaired) electrons. The molecule has 2 atom stereocenters. The fourth-order valence-corrected chi connectivity index (χ4v) is 3.20. The van der Waals surface area contributed by atoms with Gasteiger partial charge in [-0.3, -0.25) is 4.90 Å². The molecule has 0 spiro atoms. The third-order valence-corrected chi connectivity index (χ3v) is 4.50. The fraction of sp³-hybridized carbons (Fsp3) is 0.500. The summed E-state index contributed by atoms with van der Waals surface area (Å²) in [6.45, 7) is 2.87. The van der Waals surface area contributed by atoms with Gasteiger partial charge in [0.2, 0.25) is 0 Å². The van der Waals surface area contributed by atoms with Crippen molar-refractivity contribution in [2.45, 2.75) is 18.6 Å². The maximum absolute atomic E-state index is 10.7. The number of aliphatic hydroxyl groups is 1. The highest BCUT2D eigenvalue weighted by Gasteiger charge is 2.30. The number of hydrogen-bond acceptors (Lipinski definition) is 4. The molecule has 0 aliphatic carbocycles. The Labute approximate surface area is 129 Å². The Hall–Kier alpha value is -1.07. The van der Waals surface area contributed by atoms with Crippen molar-refractivity contribution in [2.24, 2.45) is 0 Å². The van der Waals surface area contributed by atoms with Gasteiger partial charge < -0.3 is 14.4 Å². The molecule has 1 aromatic carbocycles. The first kappa shape index (κ1) is 14.9. The molecule has 0 amide bonds. The van der Waals surface area contributed by atoms with E-state index in [1.165, 1.54) is 0 Å². The molecule has 1 aliphatic rings. The lowest BCUT2D eigenvalue weighted by Crippen LogP contribution is -2.42. The van der Waals surface area contributed by atoms with Crippen LogP contribution in [0.3, 0.4) is 0 Å². The fourth-order valence-electron chi connectivity index (χ4n) is 3.02. The zero-order chi connectivity index (χ0) is 15.0. The monoisotopic (exact) mass is 308 g/mol. The molecule has 3 rings (SSSR count). The number of aliphatic hydroxyl groups excluding tert-OH is 1. The third-order valence-electron chi connectivity index (χ3n) is 4.27. The van der Waals surface area contributed by atoms with E-state index < -0.39 is 6.10 Å². The van der Waals surface area contributed by atoms with Gasteiger partial charge in [-0.1, -0.05) is 11.6 Å². The van der Waals surface area contributed by atoms with Crippen LogP contribution in [0.1, 0.15) is 18.3 Å². The number of furan rings is 1. The van der Waals surface area contributed by atoms with Gasteiger partial charge in [-0.05, 0) is 57.9 Å². The standard InChI is InChI=1S/C16H21ClN2O2/c1-18-6-3-7-19(2)13(10-18)16(20)15-9-11-8-12(17)4-5-14(11)21-15/h4-5,8-9,13,16,20H,3,6-7,10H2,1-2H3. The summed E-state index contributed by atoms with van der Waals surface area (Å²) in [7, 11) is 4.16. The number of likely N-dealkylation sites (N-methyl/N-ethyl adjacent to an activating group) is 2. The van der Waals surface area contributed by atoms with Crippen LogP contribution in [-0.4, -0.2) is 54.7 Å². The van der Waals surface area contributed by atoms with Crippen molar-refractivity contribution in [1.82, 2.24) is 9.80 Å². The van der Waals surface area contributed by atoms with E-state index in [1.54, 1.807) is 6.07 Å². The molecule has 1 N–H and O–H groups in total. The summed E-state index contributed by atoms with van der Waals surface area (Å²) in [5.41, 5.74) is 0.762. The van der Waals surface area contributed by atoms with Crippen LogP contribution in [0.25, 0.3) is 11.0 Å². The number of halogens is 1. The first-order chi connectivity index (χ1) is 10.0. The third kappa shape index (κ3) is 3.09. The van der Waals surface area contributed by atoms with Crippen LogP contribution in [-0.2, 0) is 0 Å². The van der Waals surface area contributed by atoms with Crippen LogP contribution in [0.2, 0.25) is 5.02 Å². The molecular weight excluding hydrogens is 288 g/mol. The van der Waals surface area contributed by atoms with Crippen molar-refractivity contribution >= 4 is 22.6 Å². The SMILES string of the molecule is CN1CCCN(C)C(C(O)c2cc3cc(Cl)ccc3o2)C1. The lowest BCUT2D eigenvalue weighted by molar-refractivity contribution is 0.0432. The summed E-state index contributed by atoms with van der Waals surface area (Å²) in [5.74, 6) is 0.611. The van der Waals surface area contributed by atoms with Crippen LogP contribution in [0.5, 0.6) is 0 Å². The summed E-state index contributed by atoms with van der Waals surface area (Å²) < 4.78 is 5.81. The number of rotatable bonds is 2. The van der Waals surface area contributed by atoms with Gasteiger partial charge in [-0.2, -0.15) is 0 Å². The first-order valence-electron chi connectivity index (χ1n) is 7.30. The van der Waals surface area contributed by atoms with E-state index in [-0.39, 0.29) is 6.04 Å². The molecule has 2 unspecified atom stereocenters. The molecule has 5 heteroatoms. The number of fused-ring (bicyclic) bond motifs is 1. The molecule has 1 fully saturated rings. The van der Waals surface area contributed by atoms with Crippen LogP contribution < -0.4 is 0 Å². The van der Waals surface area contributed by atoms with Gasteiger partial charge in [0.05, 0.1) is 6.04 Å². The van der Waals surface area contributed by atoms with Crippen LogP contribution in [0.4, 0.5) is 0 Å². The lowest BCUT2D eigenvalue weighted by atomic mass is 10.1. The Morgan fingerprint density at radius 3 is 2.90 bits per heavy atom. The summed E-state index contributed by atoms with van der Waals surface area (Å²) in [5, 5.41) is 12.3. The Bertz CT molecular complexity index is 628. The van der Waals surface area contributed by atoms with E-state index in [1.807, 2.05) is 18.2 Å². The minimum absolute atomic E-state index is 0.0357. The topological polar surface area (TPSA) is 39.9 Å². The van der Waals surface area contributed by atoms with Crippen molar-refractivity contribution in [1.29, 1.82) is 0 Å². The van der Waals surface area contributed by atoms with Crippen molar-refractivity contribution in [3.05, 3.63) is 35.0 Å². The van der Waals surface area contributed by atoms with E-state index in [0.29, 0.717) is 10.8 Å². The zero-order valence-electron chi connectivity index (χ0n) is 12.4. The van der Waals surface area contributed by atoms with Gasteiger partial charge >= 0.3 is 0 Å². The van der Waals surface area contributed by atoms with E-state index >= 15 is 0 Å². The molecule has 0 saturated carbocycles. The molecule has 4 nitrogen and oxygen atoms in total. The largest absolute Gasteiger partial charge is 0.458 e. The van der Waals surface area contributed by atoms with Crippen molar-refractivity contribution < 1.29 is 9.52 Å². The molecule has 114 valence electrons. The molecule has 21 heavy (non-hydrogen) atoms. The smallest absolute Gasteiger partial charge is 0.135 e. The van der Waals surface area contributed by atoms with E-state index in [9.17, 15) is 5.11 Å². The highest BCUT2D eigenvalue weighted by atomic mass is 35.5. The van der Waals surface area contributed by atoms with E-state index in [4.69, 9.17) is 16.0 Å². The van der Waals surface area contributed by atoms with Crippen molar-refractivity contribution in [3.63, 3.8) is 0 Å². The zero-order valence-corrected chi connectivity index (χ0v) is 13.2. The highest BCUT2D eigenvalue weighted by Crippen LogP contribution is 2.30. The second-order valence-electron chi connectivity index (χ2n) is 5.94. The molecule has 2 aromatic rings. The average Bonchev–Trinajstić information content (AvgIpc) is 2.78. The van der Waals surface area contributed by atoms with Gasteiger partial charge in [0.25, 0.3) is 0 Å². The Morgan fingerprint density at radius 1 is 1.29 bits per heavy atom. The van der Waals surface area contributed by atoms with Gasteiger partial charge in [0.15, 0.2) is 0 Å². The summed E-state index contributed by atoms with van der Waals surface area (Å²) in [4.78, 5) is 4.48. The molecule has 1 saturated heterocycles. The van der Waals surface area contributed by atoms with Gasteiger partial charge in [-0.25, -0.2) is 0 Å². The molecule has 0 bridgehead atoms. The molecule has 1 aromatic heterocycles. The van der Waals surface area contributed by atoms with Gasteiger partial charge in [-0.15, -0.1) is 0 Å². The summed E-state index contributed by atoms with van der Waals surface area (Å²) >= 11 is 6.00. The molecule has 1 aliphatic heterocycles. The highest BCUT2D eigenvalue weighted by molar-refractivity contribution is 6.31. The van der Waals surface area contributed by atoms with E-state index in [2.05, 4.69) is 23.9 Å². The second kappa shape index (κ2) is 5.97. The molecule has 2 heterocycles. The Morgan fingerprint density at radius 2 is 2.10 bits per heavy atom. The maximum atomic E-state index is 10.7. The lowest BCUT2D eigenvalue weighted by Gasteiger charge is -2.30. The minimum atomic E-state index is -0.637. The quantitative estimate of drug-likeness (QED) is 0.926. The normalized spacial score (nSPS) is 23.3. The predicted molar refractivity (Wildman–Crippen MR) is 84.7 cm³/mol. The minimum Gasteiger partial charge on any atom is -0.458 e. The Kier molecular flexibility index (Phi) is 4.22. The molecular formula is C16H21ClN2O2. The average molecular weight is 309 g/mol. The predicted octanol–water partition coefficient (Wildman–Crippen LogP) is 2.76. The summed E-state index contributed by atoms with van der Waals surface area (Å²) in [6.07, 6.45) is 0.480. The van der Waals surface area contributed by atoms with Gasteiger partial charge in [0.1, 0.15) is 17.4 Å². The maximum Gasteiger partial charge on any atom is 0.135 e. The Balaban J connectivity index is 1.89. The van der Waals surface area contributed by atoms with Gasteiger partial charge in [0, 0.05) is 17.0 Å². The number of benzene rings is 1. The van der Waals surface area contributed by atoms with Crippen molar-refractivity contribution in [3.8, 4) is 0 Å². The van der Waals surface area contributed by atoms with Crippen LogP contribution in [0.15, 0.2) is 28.7 Å². The van der Waals surface area contributed by atoms with Crippen LogP contribution in [0, 0.1) is 0 Å².